The molecule has 5 heteroatoms. The lowest BCUT2D eigenvalue weighted by Gasteiger charge is -2.26. The molecule has 1 aromatic carbocycles. The summed E-state index contributed by atoms with van der Waals surface area (Å²) in [5.41, 5.74) is 6.79. The second-order valence-electron chi connectivity index (χ2n) is 4.77. The molecule has 0 amide bonds. The number of hydrogen-bond acceptors (Lipinski definition) is 4. The minimum absolute atomic E-state index is 0.113. The van der Waals surface area contributed by atoms with Crippen LogP contribution in [-0.4, -0.2) is 17.1 Å². The molecule has 1 aromatic rings. The third-order valence-electron chi connectivity index (χ3n) is 3.33. The van der Waals surface area contributed by atoms with Crippen molar-refractivity contribution in [2.24, 2.45) is 5.73 Å². The molecule has 0 radical (unpaired) electrons. The number of ether oxygens (including phenoxy) is 1. The predicted molar refractivity (Wildman–Crippen MR) is 68.1 cm³/mol. The lowest BCUT2D eigenvalue weighted by molar-refractivity contribution is -0.385. The standard InChI is InChI=1S/C13H18N2O3/c14-11-4-6-13(7-5-11)18-9-10-2-1-3-12(8-10)15(16)17/h1-3,8,11,13H,4-7,9,14H2. The Labute approximate surface area is 106 Å². The molecule has 0 heterocycles. The molecule has 0 aromatic heterocycles. The molecule has 5 nitrogen and oxygen atoms in total. The Kier molecular flexibility index (Phi) is 4.28. The van der Waals surface area contributed by atoms with Gasteiger partial charge in [0.15, 0.2) is 0 Å². The topological polar surface area (TPSA) is 78.4 Å². The molecule has 0 aliphatic heterocycles. The molecule has 0 atom stereocenters. The van der Waals surface area contributed by atoms with Gasteiger partial charge in [0, 0.05) is 18.2 Å². The van der Waals surface area contributed by atoms with Crippen molar-refractivity contribution in [3.8, 4) is 0 Å². The molecule has 0 bridgehead atoms. The monoisotopic (exact) mass is 250 g/mol. The average molecular weight is 250 g/mol. The molecule has 18 heavy (non-hydrogen) atoms. The highest BCUT2D eigenvalue weighted by molar-refractivity contribution is 5.33. The molecule has 0 unspecified atom stereocenters. The van der Waals surface area contributed by atoms with Gasteiger partial charge in [-0.2, -0.15) is 0 Å². The normalized spacial score (nSPS) is 23.8. The molecule has 1 aliphatic carbocycles. The summed E-state index contributed by atoms with van der Waals surface area (Å²) in [6.07, 6.45) is 4.20. The fourth-order valence-electron chi connectivity index (χ4n) is 2.23. The van der Waals surface area contributed by atoms with Gasteiger partial charge in [-0.25, -0.2) is 0 Å². The molecular weight excluding hydrogens is 232 g/mol. The zero-order chi connectivity index (χ0) is 13.0. The number of nitro groups is 1. The summed E-state index contributed by atoms with van der Waals surface area (Å²) < 4.78 is 5.77. The van der Waals surface area contributed by atoms with Crippen molar-refractivity contribution in [2.75, 3.05) is 0 Å². The Bertz CT molecular complexity index is 414. The van der Waals surface area contributed by atoms with E-state index in [-0.39, 0.29) is 16.7 Å². The number of nitrogens with two attached hydrogens (primary N) is 1. The quantitative estimate of drug-likeness (QED) is 0.657. The summed E-state index contributed by atoms with van der Waals surface area (Å²) >= 11 is 0. The van der Waals surface area contributed by atoms with Crippen molar-refractivity contribution in [1.82, 2.24) is 0 Å². The van der Waals surface area contributed by atoms with E-state index < -0.39 is 0 Å². The first kappa shape index (κ1) is 13.0. The van der Waals surface area contributed by atoms with Crippen molar-refractivity contribution < 1.29 is 9.66 Å². The van der Waals surface area contributed by atoms with Gasteiger partial charge in [-0.1, -0.05) is 12.1 Å². The molecule has 0 saturated heterocycles. The van der Waals surface area contributed by atoms with Crippen LogP contribution in [0.3, 0.4) is 0 Å². The van der Waals surface area contributed by atoms with Crippen molar-refractivity contribution >= 4 is 5.69 Å². The molecule has 1 saturated carbocycles. The summed E-state index contributed by atoms with van der Waals surface area (Å²) in [5.74, 6) is 0. The van der Waals surface area contributed by atoms with Gasteiger partial charge in [0.2, 0.25) is 0 Å². The highest BCUT2D eigenvalue weighted by Gasteiger charge is 2.19. The van der Waals surface area contributed by atoms with E-state index in [0.29, 0.717) is 12.6 Å². The van der Waals surface area contributed by atoms with Gasteiger partial charge in [0.25, 0.3) is 5.69 Å². The van der Waals surface area contributed by atoms with Crippen LogP contribution in [0.15, 0.2) is 24.3 Å². The highest BCUT2D eigenvalue weighted by atomic mass is 16.6. The highest BCUT2D eigenvalue weighted by Crippen LogP contribution is 2.21. The van der Waals surface area contributed by atoms with E-state index in [1.54, 1.807) is 12.1 Å². The van der Waals surface area contributed by atoms with Gasteiger partial charge < -0.3 is 10.5 Å². The van der Waals surface area contributed by atoms with Gasteiger partial charge in [0.05, 0.1) is 17.6 Å². The van der Waals surface area contributed by atoms with E-state index in [1.807, 2.05) is 6.07 Å². The Hall–Kier alpha value is -1.46. The Balaban J connectivity index is 1.86. The summed E-state index contributed by atoms with van der Waals surface area (Å²) in [7, 11) is 0. The van der Waals surface area contributed by atoms with E-state index in [9.17, 15) is 10.1 Å². The van der Waals surface area contributed by atoms with Crippen LogP contribution < -0.4 is 5.73 Å². The summed E-state index contributed by atoms with van der Waals surface area (Å²) in [6, 6.07) is 6.90. The van der Waals surface area contributed by atoms with Crippen molar-refractivity contribution in [3.05, 3.63) is 39.9 Å². The number of nitrogens with zero attached hydrogens (tertiary/aromatic N) is 1. The SMILES string of the molecule is NC1CCC(OCc2cccc([N+](=O)[O-])c2)CC1. The van der Waals surface area contributed by atoms with Crippen LogP contribution in [0.25, 0.3) is 0 Å². The van der Waals surface area contributed by atoms with Crippen molar-refractivity contribution in [1.29, 1.82) is 0 Å². The van der Waals surface area contributed by atoms with Crippen LogP contribution in [-0.2, 0) is 11.3 Å². The second kappa shape index (κ2) is 5.93. The molecular formula is C13H18N2O3. The zero-order valence-electron chi connectivity index (χ0n) is 10.2. The summed E-state index contributed by atoms with van der Waals surface area (Å²) in [5, 5.41) is 10.6. The van der Waals surface area contributed by atoms with Gasteiger partial charge in [-0.15, -0.1) is 0 Å². The fraction of sp³-hybridized carbons (Fsp3) is 0.538. The minimum atomic E-state index is -0.386. The van der Waals surface area contributed by atoms with E-state index in [1.165, 1.54) is 6.07 Å². The van der Waals surface area contributed by atoms with E-state index in [2.05, 4.69) is 0 Å². The number of non-ortho nitro benzene ring substituents is 1. The first-order valence-corrected chi connectivity index (χ1v) is 6.25. The van der Waals surface area contributed by atoms with E-state index >= 15 is 0 Å². The predicted octanol–water partition coefficient (Wildman–Crippen LogP) is 2.38. The number of hydrogen-bond donors (Lipinski definition) is 1. The molecule has 98 valence electrons. The molecule has 1 fully saturated rings. The number of benzene rings is 1. The largest absolute Gasteiger partial charge is 0.374 e. The summed E-state index contributed by atoms with van der Waals surface area (Å²) in [6.45, 7) is 0.432. The number of nitro benzene ring substituents is 1. The number of rotatable bonds is 4. The molecule has 0 spiro atoms. The lowest BCUT2D eigenvalue weighted by Crippen LogP contribution is -2.30. The maximum absolute atomic E-state index is 10.6. The first-order chi connectivity index (χ1) is 8.65. The first-order valence-electron chi connectivity index (χ1n) is 6.25. The molecule has 2 N–H and O–H groups in total. The zero-order valence-corrected chi connectivity index (χ0v) is 10.2. The van der Waals surface area contributed by atoms with Crippen LogP contribution in [0.1, 0.15) is 31.2 Å². The van der Waals surface area contributed by atoms with Crippen LogP contribution in [0.5, 0.6) is 0 Å². The summed E-state index contributed by atoms with van der Waals surface area (Å²) in [4.78, 5) is 10.3. The van der Waals surface area contributed by atoms with Gasteiger partial charge in [-0.05, 0) is 31.2 Å². The Morgan fingerprint density at radius 2 is 2.06 bits per heavy atom. The van der Waals surface area contributed by atoms with Gasteiger partial charge in [-0.3, -0.25) is 10.1 Å². The maximum atomic E-state index is 10.6. The van der Waals surface area contributed by atoms with Crippen molar-refractivity contribution in [2.45, 2.75) is 44.4 Å². The third kappa shape index (κ3) is 3.51. The lowest BCUT2D eigenvalue weighted by atomic mass is 9.94. The molecule has 1 aliphatic rings. The van der Waals surface area contributed by atoms with Crippen LogP contribution in [0.2, 0.25) is 0 Å². The minimum Gasteiger partial charge on any atom is -0.374 e. The second-order valence-corrected chi connectivity index (χ2v) is 4.77. The molecule has 2 rings (SSSR count). The van der Waals surface area contributed by atoms with Crippen molar-refractivity contribution in [3.63, 3.8) is 0 Å². The average Bonchev–Trinajstić information content (AvgIpc) is 2.38. The van der Waals surface area contributed by atoms with E-state index in [0.717, 1.165) is 31.2 Å². The Morgan fingerprint density at radius 1 is 1.33 bits per heavy atom. The maximum Gasteiger partial charge on any atom is 0.269 e. The Morgan fingerprint density at radius 3 is 2.72 bits per heavy atom. The smallest absolute Gasteiger partial charge is 0.269 e. The van der Waals surface area contributed by atoms with Gasteiger partial charge >= 0.3 is 0 Å². The van der Waals surface area contributed by atoms with Crippen LogP contribution in [0.4, 0.5) is 5.69 Å². The van der Waals surface area contributed by atoms with Gasteiger partial charge in [0.1, 0.15) is 0 Å². The fourth-order valence-corrected chi connectivity index (χ4v) is 2.23. The van der Waals surface area contributed by atoms with Crippen LogP contribution in [0, 0.1) is 10.1 Å². The van der Waals surface area contributed by atoms with Crippen LogP contribution >= 0.6 is 0 Å². The van der Waals surface area contributed by atoms with E-state index in [4.69, 9.17) is 10.5 Å². The third-order valence-corrected chi connectivity index (χ3v) is 3.33.